The molecule has 8 heteroatoms. The summed E-state index contributed by atoms with van der Waals surface area (Å²) in [5.74, 6) is 2.22. The largest absolute Gasteiger partial charge is 0.497 e. The van der Waals surface area contributed by atoms with Crippen LogP contribution in [0.5, 0.6) is 23.0 Å². The number of thiocarbonyl (C=S) groups is 1. The van der Waals surface area contributed by atoms with Gasteiger partial charge in [0.05, 0.1) is 33.3 Å². The van der Waals surface area contributed by atoms with Gasteiger partial charge < -0.3 is 18.9 Å². The third kappa shape index (κ3) is 4.55. The van der Waals surface area contributed by atoms with Gasteiger partial charge in [0.1, 0.15) is 10.1 Å². The Morgan fingerprint density at radius 3 is 2.23 bits per heavy atom. The van der Waals surface area contributed by atoms with Gasteiger partial charge in [-0.05, 0) is 42.3 Å². The van der Waals surface area contributed by atoms with E-state index in [0.29, 0.717) is 45.0 Å². The average molecular weight is 446 g/mol. The Labute approximate surface area is 185 Å². The summed E-state index contributed by atoms with van der Waals surface area (Å²) in [6.07, 6.45) is 2.47. The molecule has 0 aromatic heterocycles. The van der Waals surface area contributed by atoms with Crippen molar-refractivity contribution in [1.82, 2.24) is 4.90 Å². The molecule has 1 fully saturated rings. The molecule has 1 aliphatic heterocycles. The van der Waals surface area contributed by atoms with Crippen molar-refractivity contribution >= 4 is 40.3 Å². The molecule has 1 saturated heterocycles. The van der Waals surface area contributed by atoms with Gasteiger partial charge in [0, 0.05) is 12.1 Å². The van der Waals surface area contributed by atoms with Gasteiger partial charge in [0.15, 0.2) is 11.5 Å². The van der Waals surface area contributed by atoms with Crippen LogP contribution in [0.1, 0.15) is 11.1 Å². The summed E-state index contributed by atoms with van der Waals surface area (Å²) >= 11 is 6.73. The zero-order chi connectivity index (χ0) is 21.7. The van der Waals surface area contributed by atoms with Crippen LogP contribution in [0.15, 0.2) is 41.3 Å². The molecule has 0 radical (unpaired) electrons. The molecule has 158 valence electrons. The van der Waals surface area contributed by atoms with Crippen molar-refractivity contribution < 1.29 is 23.7 Å². The fourth-order valence-corrected chi connectivity index (χ4v) is 4.40. The maximum atomic E-state index is 13.0. The van der Waals surface area contributed by atoms with Gasteiger partial charge in [-0.2, -0.15) is 0 Å². The lowest BCUT2D eigenvalue weighted by Gasteiger charge is -2.15. The van der Waals surface area contributed by atoms with Crippen LogP contribution < -0.4 is 18.9 Å². The van der Waals surface area contributed by atoms with Gasteiger partial charge in [-0.25, -0.2) is 0 Å². The molecule has 1 aliphatic rings. The third-order valence-electron chi connectivity index (χ3n) is 4.68. The minimum Gasteiger partial charge on any atom is -0.497 e. The van der Waals surface area contributed by atoms with Crippen molar-refractivity contribution in [2.24, 2.45) is 0 Å². The van der Waals surface area contributed by atoms with Crippen LogP contribution in [0.25, 0.3) is 6.08 Å². The number of benzene rings is 2. The first-order chi connectivity index (χ1) is 14.5. The normalized spacial score (nSPS) is 14.9. The number of hydrogen-bond donors (Lipinski definition) is 0. The predicted octanol–water partition coefficient (Wildman–Crippen LogP) is 4.16. The van der Waals surface area contributed by atoms with Crippen LogP contribution in [-0.2, 0) is 11.2 Å². The number of carbonyl (C=O) groups excluding carboxylic acids is 1. The molecule has 0 atom stereocenters. The van der Waals surface area contributed by atoms with E-state index in [9.17, 15) is 4.79 Å². The third-order valence-corrected chi connectivity index (χ3v) is 6.06. The standard InChI is InChI=1S/C22H23NO5S2/c1-25-16-8-5-14(6-9-16)11-12-23-21(24)18(30-22(23)29)13-15-7-10-17(26-2)20(28-4)19(15)27-3/h5-10,13H,11-12H2,1-4H3. The lowest BCUT2D eigenvalue weighted by Crippen LogP contribution is -2.30. The monoisotopic (exact) mass is 445 g/mol. The molecule has 0 spiro atoms. The molecule has 1 amide bonds. The van der Waals surface area contributed by atoms with Gasteiger partial charge in [0.2, 0.25) is 5.75 Å². The van der Waals surface area contributed by atoms with Gasteiger partial charge in [-0.3, -0.25) is 9.69 Å². The van der Waals surface area contributed by atoms with E-state index in [1.807, 2.05) is 30.3 Å². The topological polar surface area (TPSA) is 57.2 Å². The van der Waals surface area contributed by atoms with E-state index in [0.717, 1.165) is 11.3 Å². The Morgan fingerprint density at radius 1 is 0.933 bits per heavy atom. The highest BCUT2D eigenvalue weighted by atomic mass is 32.2. The Bertz CT molecular complexity index is 972. The molecule has 1 heterocycles. The molecule has 30 heavy (non-hydrogen) atoms. The smallest absolute Gasteiger partial charge is 0.266 e. The number of amides is 1. The van der Waals surface area contributed by atoms with E-state index < -0.39 is 0 Å². The number of nitrogens with zero attached hydrogens (tertiary/aromatic N) is 1. The van der Waals surface area contributed by atoms with Gasteiger partial charge in [-0.1, -0.05) is 36.1 Å². The van der Waals surface area contributed by atoms with Crippen molar-refractivity contribution in [3.63, 3.8) is 0 Å². The molecule has 2 aromatic carbocycles. The molecular formula is C22H23NO5S2. The van der Waals surface area contributed by atoms with Gasteiger partial charge >= 0.3 is 0 Å². The van der Waals surface area contributed by atoms with E-state index in [-0.39, 0.29) is 5.91 Å². The Hall–Kier alpha value is -2.71. The number of rotatable bonds is 8. The summed E-state index contributed by atoms with van der Waals surface area (Å²) in [6.45, 7) is 0.511. The Morgan fingerprint density at radius 2 is 1.63 bits per heavy atom. The summed E-state index contributed by atoms with van der Waals surface area (Å²) in [6, 6.07) is 11.4. The molecule has 2 aromatic rings. The molecule has 0 saturated carbocycles. The summed E-state index contributed by atoms with van der Waals surface area (Å²) in [4.78, 5) is 15.1. The van der Waals surface area contributed by atoms with Crippen LogP contribution in [0.4, 0.5) is 0 Å². The quantitative estimate of drug-likeness (QED) is 0.447. The van der Waals surface area contributed by atoms with Crippen LogP contribution in [0, 0.1) is 0 Å². The zero-order valence-electron chi connectivity index (χ0n) is 17.3. The molecule has 6 nitrogen and oxygen atoms in total. The molecule has 3 rings (SSSR count). The molecular weight excluding hydrogens is 422 g/mol. The van der Waals surface area contributed by atoms with Crippen molar-refractivity contribution in [2.75, 3.05) is 35.0 Å². The summed E-state index contributed by atoms with van der Waals surface area (Å²) in [7, 11) is 6.29. The highest BCUT2D eigenvalue weighted by Gasteiger charge is 2.32. The van der Waals surface area contributed by atoms with E-state index >= 15 is 0 Å². The summed E-state index contributed by atoms with van der Waals surface area (Å²) < 4.78 is 22.0. The summed E-state index contributed by atoms with van der Waals surface area (Å²) in [5.41, 5.74) is 1.82. The lowest BCUT2D eigenvalue weighted by atomic mass is 10.1. The highest BCUT2D eigenvalue weighted by Crippen LogP contribution is 2.42. The number of methoxy groups -OCH3 is 4. The van der Waals surface area contributed by atoms with Gasteiger partial charge in [0.25, 0.3) is 5.91 Å². The molecule has 0 unspecified atom stereocenters. The first kappa shape index (κ1) is 22.0. The second-order valence-electron chi connectivity index (χ2n) is 6.35. The maximum absolute atomic E-state index is 13.0. The summed E-state index contributed by atoms with van der Waals surface area (Å²) in [5, 5.41) is 0. The Kier molecular flexibility index (Phi) is 7.23. The lowest BCUT2D eigenvalue weighted by molar-refractivity contribution is -0.122. The van der Waals surface area contributed by atoms with E-state index in [1.165, 1.54) is 11.8 Å². The first-order valence-corrected chi connectivity index (χ1v) is 10.4. The van der Waals surface area contributed by atoms with Gasteiger partial charge in [-0.15, -0.1) is 0 Å². The molecule has 0 bridgehead atoms. The average Bonchev–Trinajstić information content (AvgIpc) is 3.04. The minimum atomic E-state index is -0.115. The zero-order valence-corrected chi connectivity index (χ0v) is 18.9. The minimum absolute atomic E-state index is 0.115. The molecule has 0 N–H and O–H groups in total. The van der Waals surface area contributed by atoms with Crippen LogP contribution >= 0.6 is 24.0 Å². The predicted molar refractivity (Wildman–Crippen MR) is 123 cm³/mol. The number of thioether (sulfide) groups is 1. The first-order valence-electron chi connectivity index (χ1n) is 9.19. The fourth-order valence-electron chi connectivity index (χ4n) is 3.11. The van der Waals surface area contributed by atoms with Crippen LogP contribution in [0.3, 0.4) is 0 Å². The highest BCUT2D eigenvalue weighted by molar-refractivity contribution is 8.26. The Balaban J connectivity index is 1.79. The van der Waals surface area contributed by atoms with Crippen LogP contribution in [-0.4, -0.2) is 50.1 Å². The van der Waals surface area contributed by atoms with E-state index in [2.05, 4.69) is 0 Å². The van der Waals surface area contributed by atoms with Crippen molar-refractivity contribution in [3.05, 3.63) is 52.4 Å². The van der Waals surface area contributed by atoms with E-state index in [4.69, 9.17) is 31.2 Å². The molecule has 0 aliphatic carbocycles. The second kappa shape index (κ2) is 9.86. The SMILES string of the molecule is COc1ccc(CCN2C(=O)C(=Cc3ccc(OC)c(OC)c3OC)SC2=S)cc1. The maximum Gasteiger partial charge on any atom is 0.266 e. The number of hydrogen-bond acceptors (Lipinski definition) is 7. The number of ether oxygens (including phenoxy) is 4. The number of carbonyl (C=O) groups is 1. The van der Waals surface area contributed by atoms with Crippen molar-refractivity contribution in [1.29, 1.82) is 0 Å². The van der Waals surface area contributed by atoms with Crippen molar-refractivity contribution in [2.45, 2.75) is 6.42 Å². The van der Waals surface area contributed by atoms with Crippen LogP contribution in [0.2, 0.25) is 0 Å². The fraction of sp³-hybridized carbons (Fsp3) is 0.273. The van der Waals surface area contributed by atoms with Crippen molar-refractivity contribution in [3.8, 4) is 23.0 Å². The second-order valence-corrected chi connectivity index (χ2v) is 8.03. The van der Waals surface area contributed by atoms with E-state index in [1.54, 1.807) is 45.5 Å².